The van der Waals surface area contributed by atoms with Crippen molar-refractivity contribution in [1.82, 2.24) is 5.32 Å². The van der Waals surface area contributed by atoms with Gasteiger partial charge in [-0.25, -0.2) is 0 Å². The van der Waals surface area contributed by atoms with Gasteiger partial charge in [0.15, 0.2) is 0 Å². The van der Waals surface area contributed by atoms with Crippen LogP contribution in [0.5, 0.6) is 0 Å². The molecule has 2 amide bonds. The van der Waals surface area contributed by atoms with Gasteiger partial charge in [0.2, 0.25) is 11.8 Å². The molecule has 0 saturated carbocycles. The van der Waals surface area contributed by atoms with Crippen LogP contribution in [-0.2, 0) is 22.2 Å². The highest BCUT2D eigenvalue weighted by molar-refractivity contribution is 5.96. The molecule has 26 heavy (non-hydrogen) atoms. The highest BCUT2D eigenvalue weighted by atomic mass is 19.4. The van der Waals surface area contributed by atoms with E-state index < -0.39 is 17.6 Å². The average molecular weight is 362 g/mol. The number of para-hydroxylation sites is 1. The van der Waals surface area contributed by atoms with Crippen LogP contribution in [0.2, 0.25) is 0 Å². The van der Waals surface area contributed by atoms with Gasteiger partial charge in [0.25, 0.3) is 0 Å². The largest absolute Gasteiger partial charge is 0.416 e. The molecule has 1 unspecified atom stereocenters. The molecular formula is C19H17F3N2O2. The van der Waals surface area contributed by atoms with E-state index in [0.29, 0.717) is 6.54 Å². The highest BCUT2D eigenvalue weighted by Crippen LogP contribution is 2.29. The maximum atomic E-state index is 12.7. The number of hydrogen-bond donors (Lipinski definition) is 1. The predicted octanol–water partition coefficient (Wildman–Crippen LogP) is 3.17. The molecular weight excluding hydrogens is 345 g/mol. The predicted molar refractivity (Wildman–Crippen MR) is 90.5 cm³/mol. The maximum Gasteiger partial charge on any atom is 0.416 e. The molecule has 3 rings (SSSR count). The Labute approximate surface area is 148 Å². The number of halogens is 3. The molecule has 2 aromatic carbocycles. The van der Waals surface area contributed by atoms with E-state index in [0.717, 1.165) is 17.8 Å². The van der Waals surface area contributed by atoms with Crippen LogP contribution in [0, 0.1) is 0 Å². The Morgan fingerprint density at radius 3 is 2.54 bits per heavy atom. The number of benzene rings is 2. The van der Waals surface area contributed by atoms with Gasteiger partial charge in [-0.2, -0.15) is 13.2 Å². The van der Waals surface area contributed by atoms with Gasteiger partial charge in [0.05, 0.1) is 18.0 Å². The lowest BCUT2D eigenvalue weighted by Gasteiger charge is -2.17. The summed E-state index contributed by atoms with van der Waals surface area (Å²) in [6.45, 7) is 0.344. The van der Waals surface area contributed by atoms with Gasteiger partial charge in [-0.1, -0.05) is 36.4 Å². The summed E-state index contributed by atoms with van der Waals surface area (Å²) < 4.78 is 38.2. The van der Waals surface area contributed by atoms with E-state index in [1.165, 1.54) is 12.1 Å². The fourth-order valence-electron chi connectivity index (χ4n) is 2.98. The first kappa shape index (κ1) is 18.0. The molecule has 4 nitrogen and oxygen atoms in total. The molecule has 1 heterocycles. The van der Waals surface area contributed by atoms with Crippen molar-refractivity contribution in [3.63, 3.8) is 0 Å². The Morgan fingerprint density at radius 2 is 1.85 bits per heavy atom. The van der Waals surface area contributed by atoms with E-state index >= 15 is 0 Å². The van der Waals surface area contributed by atoms with Crippen LogP contribution in [0.3, 0.4) is 0 Å². The van der Waals surface area contributed by atoms with Gasteiger partial charge in [0, 0.05) is 18.7 Å². The monoisotopic (exact) mass is 362 g/mol. The van der Waals surface area contributed by atoms with Gasteiger partial charge in [-0.3, -0.25) is 9.59 Å². The third-order valence-corrected chi connectivity index (χ3v) is 4.18. The average Bonchev–Trinajstić information content (AvgIpc) is 2.95. The quantitative estimate of drug-likeness (QED) is 0.908. The molecule has 1 N–H and O–H groups in total. The molecule has 7 heteroatoms. The van der Waals surface area contributed by atoms with Gasteiger partial charge >= 0.3 is 6.18 Å². The van der Waals surface area contributed by atoms with E-state index in [-0.39, 0.29) is 30.4 Å². The fraction of sp³-hybridized carbons (Fsp3) is 0.263. The van der Waals surface area contributed by atoms with Crippen LogP contribution < -0.4 is 10.2 Å². The Kier molecular flexibility index (Phi) is 4.97. The molecule has 1 aliphatic rings. The third kappa shape index (κ3) is 4.22. The summed E-state index contributed by atoms with van der Waals surface area (Å²) in [5.74, 6) is -0.502. The highest BCUT2D eigenvalue weighted by Gasteiger charge is 2.32. The maximum absolute atomic E-state index is 12.7. The zero-order valence-corrected chi connectivity index (χ0v) is 13.8. The lowest BCUT2D eigenvalue weighted by molar-refractivity contribution is -0.137. The van der Waals surface area contributed by atoms with Crippen LogP contribution in [0.4, 0.5) is 18.9 Å². The summed E-state index contributed by atoms with van der Waals surface area (Å²) in [6.07, 6.45) is -4.44. The number of anilines is 1. The van der Waals surface area contributed by atoms with Crippen molar-refractivity contribution in [1.29, 1.82) is 0 Å². The number of amides is 2. The first-order valence-electron chi connectivity index (χ1n) is 8.14. The van der Waals surface area contributed by atoms with Crippen LogP contribution in [-0.4, -0.2) is 24.4 Å². The lowest BCUT2D eigenvalue weighted by Crippen LogP contribution is -2.38. The first-order chi connectivity index (χ1) is 12.3. The van der Waals surface area contributed by atoms with Gasteiger partial charge in [-0.15, -0.1) is 0 Å². The topological polar surface area (TPSA) is 49.4 Å². The Hall–Kier alpha value is -2.83. The molecule has 0 bridgehead atoms. The molecule has 1 aliphatic heterocycles. The second kappa shape index (κ2) is 7.19. The molecule has 136 valence electrons. The van der Waals surface area contributed by atoms with Gasteiger partial charge < -0.3 is 10.2 Å². The van der Waals surface area contributed by atoms with Crippen molar-refractivity contribution in [3.8, 4) is 0 Å². The normalized spacial score (nSPS) is 17.4. The summed E-state index contributed by atoms with van der Waals surface area (Å²) in [5, 5.41) is 2.73. The Balaban J connectivity index is 1.60. The fourth-order valence-corrected chi connectivity index (χ4v) is 2.98. The minimum absolute atomic E-state index is 0.0967. The molecule has 2 aromatic rings. The van der Waals surface area contributed by atoms with Gasteiger partial charge in [0.1, 0.15) is 0 Å². The number of hydrogen-bond acceptors (Lipinski definition) is 2. The molecule has 0 spiro atoms. The number of nitrogens with zero attached hydrogens (tertiary/aromatic N) is 1. The Morgan fingerprint density at radius 1 is 1.12 bits per heavy atom. The number of alkyl halides is 3. The summed E-state index contributed by atoms with van der Waals surface area (Å²) in [7, 11) is 0. The molecule has 1 saturated heterocycles. The smallest absolute Gasteiger partial charge is 0.351 e. The van der Waals surface area contributed by atoms with Crippen LogP contribution in [0.25, 0.3) is 0 Å². The molecule has 1 atom stereocenters. The van der Waals surface area contributed by atoms with E-state index in [4.69, 9.17) is 0 Å². The zero-order valence-electron chi connectivity index (χ0n) is 13.8. The number of carbonyl (C=O) groups excluding carboxylic acids is 2. The zero-order chi connectivity index (χ0) is 18.7. The molecule has 0 aliphatic carbocycles. The summed E-state index contributed by atoms with van der Waals surface area (Å²) in [4.78, 5) is 25.9. The summed E-state index contributed by atoms with van der Waals surface area (Å²) in [5.41, 5.74) is 0.253. The van der Waals surface area contributed by atoms with Crippen molar-refractivity contribution in [2.75, 3.05) is 11.4 Å². The summed E-state index contributed by atoms with van der Waals surface area (Å²) in [6, 6.07) is 13.4. The first-order valence-corrected chi connectivity index (χ1v) is 8.14. The van der Waals surface area contributed by atoms with Crippen molar-refractivity contribution < 1.29 is 22.8 Å². The number of rotatable bonds is 4. The second-order valence-electron chi connectivity index (χ2n) is 6.18. The van der Waals surface area contributed by atoms with Crippen molar-refractivity contribution in [3.05, 3.63) is 65.7 Å². The van der Waals surface area contributed by atoms with Gasteiger partial charge in [-0.05, 0) is 23.8 Å². The number of nitrogens with one attached hydrogen (secondary N) is 1. The summed E-state index contributed by atoms with van der Waals surface area (Å²) >= 11 is 0. The lowest BCUT2D eigenvalue weighted by atomic mass is 10.1. The third-order valence-electron chi connectivity index (χ3n) is 4.18. The molecule has 0 aromatic heterocycles. The van der Waals surface area contributed by atoms with E-state index in [9.17, 15) is 22.8 Å². The van der Waals surface area contributed by atoms with Crippen molar-refractivity contribution in [2.45, 2.75) is 25.1 Å². The minimum atomic E-state index is -4.44. The molecule has 1 fully saturated rings. The van der Waals surface area contributed by atoms with E-state index in [1.807, 2.05) is 30.3 Å². The van der Waals surface area contributed by atoms with Crippen LogP contribution in [0.1, 0.15) is 17.5 Å². The second-order valence-corrected chi connectivity index (χ2v) is 6.18. The molecule has 0 radical (unpaired) electrons. The SMILES string of the molecule is O=C(Cc1cccc(C(F)(F)F)c1)NC1CC(=O)N(c2ccccc2)C1. The van der Waals surface area contributed by atoms with Crippen LogP contribution >= 0.6 is 0 Å². The minimum Gasteiger partial charge on any atom is -0.351 e. The Bertz CT molecular complexity index is 806. The van der Waals surface area contributed by atoms with E-state index in [1.54, 1.807) is 4.90 Å². The van der Waals surface area contributed by atoms with Crippen molar-refractivity contribution in [2.24, 2.45) is 0 Å². The standard InChI is InChI=1S/C19H17F3N2O2/c20-19(21,22)14-6-4-5-13(9-14)10-17(25)23-15-11-18(26)24(12-15)16-7-2-1-3-8-16/h1-9,15H,10-12H2,(H,23,25). The van der Waals surface area contributed by atoms with Crippen molar-refractivity contribution >= 4 is 17.5 Å². The number of carbonyl (C=O) groups is 2. The van der Waals surface area contributed by atoms with E-state index in [2.05, 4.69) is 5.32 Å². The van der Waals surface area contributed by atoms with Crippen LogP contribution in [0.15, 0.2) is 54.6 Å².